The third-order valence-corrected chi connectivity index (χ3v) is 6.91. The van der Waals surface area contributed by atoms with Crippen LogP contribution in [0.1, 0.15) is 15.9 Å². The summed E-state index contributed by atoms with van der Waals surface area (Å²) >= 11 is 0. The first-order chi connectivity index (χ1) is 12.4. The Morgan fingerprint density at radius 2 is 2.08 bits per heavy atom. The SMILES string of the molecule is Cc1ccc(C(=O)NCC2CNCC2O)cc1S(=O)(=O)N1CCOCC1. The normalized spacial score (nSPS) is 24.5. The molecule has 2 heterocycles. The van der Waals surface area contributed by atoms with Gasteiger partial charge in [0.1, 0.15) is 0 Å². The van der Waals surface area contributed by atoms with Gasteiger partial charge < -0.3 is 20.5 Å². The highest BCUT2D eigenvalue weighted by molar-refractivity contribution is 7.89. The number of nitrogens with one attached hydrogen (secondary N) is 2. The van der Waals surface area contributed by atoms with E-state index >= 15 is 0 Å². The lowest BCUT2D eigenvalue weighted by Gasteiger charge is -2.26. The Labute approximate surface area is 153 Å². The second-order valence-corrected chi connectivity index (χ2v) is 8.60. The van der Waals surface area contributed by atoms with Gasteiger partial charge in [0, 0.05) is 44.2 Å². The van der Waals surface area contributed by atoms with E-state index in [9.17, 15) is 18.3 Å². The zero-order valence-electron chi connectivity index (χ0n) is 14.8. The fourth-order valence-electron chi connectivity index (χ4n) is 3.20. The molecule has 0 radical (unpaired) electrons. The van der Waals surface area contributed by atoms with Crippen LogP contribution in [0.2, 0.25) is 0 Å². The molecule has 0 aliphatic carbocycles. The molecule has 2 aliphatic rings. The number of aliphatic hydroxyl groups excluding tert-OH is 1. The Morgan fingerprint density at radius 1 is 1.35 bits per heavy atom. The molecular formula is C17H25N3O5S. The number of aryl methyl sites for hydroxylation is 1. The Hall–Kier alpha value is -1.52. The van der Waals surface area contributed by atoms with Gasteiger partial charge in [0.05, 0.1) is 24.2 Å². The molecule has 2 atom stereocenters. The average Bonchev–Trinajstić information content (AvgIpc) is 3.05. The summed E-state index contributed by atoms with van der Waals surface area (Å²) < 4.78 is 32.4. The van der Waals surface area contributed by atoms with Gasteiger partial charge in [0.2, 0.25) is 10.0 Å². The summed E-state index contributed by atoms with van der Waals surface area (Å²) in [5.41, 5.74) is 0.895. The number of aliphatic hydroxyl groups is 1. The second-order valence-electron chi connectivity index (χ2n) is 6.69. The molecule has 1 aromatic rings. The number of sulfonamides is 1. The number of ether oxygens (including phenoxy) is 1. The third-order valence-electron chi connectivity index (χ3n) is 4.87. The van der Waals surface area contributed by atoms with Crippen molar-refractivity contribution in [2.75, 3.05) is 45.9 Å². The highest BCUT2D eigenvalue weighted by Gasteiger charge is 2.29. The van der Waals surface area contributed by atoms with Gasteiger partial charge in [0.25, 0.3) is 5.91 Å². The third kappa shape index (κ3) is 4.07. The topological polar surface area (TPSA) is 108 Å². The predicted octanol–water partition coefficient (Wildman–Crippen LogP) is -0.674. The zero-order chi connectivity index (χ0) is 18.7. The lowest BCUT2D eigenvalue weighted by atomic mass is 10.1. The maximum absolute atomic E-state index is 12.9. The lowest BCUT2D eigenvalue weighted by Crippen LogP contribution is -2.41. The number of hydrogen-bond donors (Lipinski definition) is 3. The Balaban J connectivity index is 1.75. The summed E-state index contributed by atoms with van der Waals surface area (Å²) in [5, 5.41) is 15.6. The van der Waals surface area contributed by atoms with E-state index in [4.69, 9.17) is 4.74 Å². The first kappa shape index (κ1) is 19.2. The highest BCUT2D eigenvalue weighted by atomic mass is 32.2. The number of carbonyl (C=O) groups is 1. The Bertz CT molecular complexity index is 762. The molecule has 8 nitrogen and oxygen atoms in total. The fourth-order valence-corrected chi connectivity index (χ4v) is 4.86. The summed E-state index contributed by atoms with van der Waals surface area (Å²) in [6.45, 7) is 4.59. The van der Waals surface area contributed by atoms with Crippen LogP contribution in [0.4, 0.5) is 0 Å². The van der Waals surface area contributed by atoms with Crippen LogP contribution < -0.4 is 10.6 Å². The van der Waals surface area contributed by atoms with Gasteiger partial charge in [-0.1, -0.05) is 6.07 Å². The van der Waals surface area contributed by atoms with Crippen molar-refractivity contribution < 1.29 is 23.1 Å². The number of nitrogens with zero attached hydrogens (tertiary/aromatic N) is 1. The zero-order valence-corrected chi connectivity index (χ0v) is 15.6. The van der Waals surface area contributed by atoms with Gasteiger partial charge in [-0.25, -0.2) is 8.42 Å². The number of carbonyl (C=O) groups excluding carboxylic acids is 1. The van der Waals surface area contributed by atoms with Crippen molar-refractivity contribution in [3.8, 4) is 0 Å². The van der Waals surface area contributed by atoms with Gasteiger partial charge in [-0.05, 0) is 24.6 Å². The van der Waals surface area contributed by atoms with Crippen LogP contribution in [0.3, 0.4) is 0 Å². The van der Waals surface area contributed by atoms with Gasteiger partial charge in [-0.2, -0.15) is 4.31 Å². The molecule has 2 fully saturated rings. The van der Waals surface area contributed by atoms with Crippen LogP contribution in [0.5, 0.6) is 0 Å². The van der Waals surface area contributed by atoms with Crippen molar-refractivity contribution in [2.24, 2.45) is 5.92 Å². The summed E-state index contributed by atoms with van der Waals surface area (Å²) in [5.74, 6) is -0.386. The van der Waals surface area contributed by atoms with Gasteiger partial charge >= 0.3 is 0 Å². The largest absolute Gasteiger partial charge is 0.391 e. The summed E-state index contributed by atoms with van der Waals surface area (Å²) in [6, 6.07) is 4.69. The van der Waals surface area contributed by atoms with E-state index in [-0.39, 0.29) is 16.7 Å². The molecule has 0 bridgehead atoms. The molecule has 3 rings (SSSR count). The van der Waals surface area contributed by atoms with Crippen molar-refractivity contribution >= 4 is 15.9 Å². The van der Waals surface area contributed by atoms with Crippen molar-refractivity contribution in [3.05, 3.63) is 29.3 Å². The number of β-amino-alcohol motifs (C(OH)–C–C–N with tert-alkyl or cyclic N) is 1. The number of morpholine rings is 1. The molecule has 3 N–H and O–H groups in total. The minimum Gasteiger partial charge on any atom is -0.391 e. The van der Waals surface area contributed by atoms with Crippen LogP contribution in [0.15, 0.2) is 23.1 Å². The van der Waals surface area contributed by atoms with Gasteiger partial charge in [0.15, 0.2) is 0 Å². The van der Waals surface area contributed by atoms with Crippen LogP contribution in [0.25, 0.3) is 0 Å². The van der Waals surface area contributed by atoms with Crippen LogP contribution in [-0.4, -0.2) is 75.8 Å². The molecule has 0 spiro atoms. The molecule has 2 aliphatic heterocycles. The van der Waals surface area contributed by atoms with Gasteiger partial charge in [-0.15, -0.1) is 0 Å². The van der Waals surface area contributed by atoms with Crippen molar-refractivity contribution in [2.45, 2.75) is 17.9 Å². The maximum Gasteiger partial charge on any atom is 0.251 e. The van der Waals surface area contributed by atoms with Crippen LogP contribution in [0, 0.1) is 12.8 Å². The van der Waals surface area contributed by atoms with E-state index in [0.717, 1.165) is 0 Å². The van der Waals surface area contributed by atoms with Gasteiger partial charge in [-0.3, -0.25) is 4.79 Å². The Kier molecular flexibility index (Phi) is 5.93. The average molecular weight is 383 g/mol. The van der Waals surface area contributed by atoms with Crippen LogP contribution >= 0.6 is 0 Å². The van der Waals surface area contributed by atoms with E-state index < -0.39 is 16.1 Å². The van der Waals surface area contributed by atoms with Crippen molar-refractivity contribution in [1.82, 2.24) is 14.9 Å². The molecule has 2 saturated heterocycles. The minimum atomic E-state index is -3.66. The predicted molar refractivity (Wildman–Crippen MR) is 95.5 cm³/mol. The summed E-state index contributed by atoms with van der Waals surface area (Å²) in [6.07, 6.45) is -0.481. The lowest BCUT2D eigenvalue weighted by molar-refractivity contribution is 0.0730. The molecule has 1 amide bonds. The van der Waals surface area contributed by atoms with E-state index in [1.165, 1.54) is 10.4 Å². The first-order valence-electron chi connectivity index (χ1n) is 8.75. The molecule has 1 aromatic carbocycles. The van der Waals surface area contributed by atoms with Crippen LogP contribution in [-0.2, 0) is 14.8 Å². The molecule has 144 valence electrons. The smallest absolute Gasteiger partial charge is 0.251 e. The number of rotatable bonds is 5. The molecular weight excluding hydrogens is 358 g/mol. The molecule has 9 heteroatoms. The number of benzene rings is 1. The first-order valence-corrected chi connectivity index (χ1v) is 10.2. The summed E-state index contributed by atoms with van der Waals surface area (Å²) in [4.78, 5) is 12.6. The van der Waals surface area contributed by atoms with E-state index in [1.54, 1.807) is 19.1 Å². The Morgan fingerprint density at radius 3 is 2.73 bits per heavy atom. The maximum atomic E-state index is 12.9. The standard InChI is InChI=1S/C17H25N3O5S/c1-12-2-3-13(17(22)19-10-14-9-18-11-15(14)21)8-16(12)26(23,24)20-4-6-25-7-5-20/h2-3,8,14-15,18,21H,4-7,9-11H2,1H3,(H,19,22). The van der Waals surface area contributed by atoms with Crippen molar-refractivity contribution in [1.29, 1.82) is 0 Å². The molecule has 0 saturated carbocycles. The van der Waals surface area contributed by atoms with E-state index in [1.807, 2.05) is 0 Å². The quantitative estimate of drug-likeness (QED) is 0.622. The molecule has 0 aromatic heterocycles. The fraction of sp³-hybridized carbons (Fsp3) is 0.588. The number of amides is 1. The van der Waals surface area contributed by atoms with E-state index in [0.29, 0.717) is 57.1 Å². The highest BCUT2D eigenvalue weighted by Crippen LogP contribution is 2.22. The second kappa shape index (κ2) is 8.01. The molecule has 2 unspecified atom stereocenters. The summed E-state index contributed by atoms with van der Waals surface area (Å²) in [7, 11) is -3.66. The monoisotopic (exact) mass is 383 g/mol. The minimum absolute atomic E-state index is 0.0408. The van der Waals surface area contributed by atoms with E-state index in [2.05, 4.69) is 10.6 Å². The molecule has 26 heavy (non-hydrogen) atoms. The number of hydrogen-bond acceptors (Lipinski definition) is 6. The van der Waals surface area contributed by atoms with Crippen molar-refractivity contribution in [3.63, 3.8) is 0 Å².